The quantitative estimate of drug-likeness (QED) is 0.437. The van der Waals surface area contributed by atoms with E-state index in [4.69, 9.17) is 16.3 Å². The molecule has 196 valence electrons. The van der Waals surface area contributed by atoms with Gasteiger partial charge in [-0.2, -0.15) is 4.98 Å². The van der Waals surface area contributed by atoms with Gasteiger partial charge in [0.2, 0.25) is 16.0 Å². The van der Waals surface area contributed by atoms with Gasteiger partial charge in [0.05, 0.1) is 36.6 Å². The van der Waals surface area contributed by atoms with Gasteiger partial charge in [-0.3, -0.25) is 9.21 Å². The number of nitrogens with zero attached hydrogens (tertiary/aromatic N) is 5. The second-order valence-corrected chi connectivity index (χ2v) is 11.8. The SMILES string of the molecule is COc1cc(N2C[C@@H]3C[C@H]2CN3C)ccc1Nc1ncc(Cl)c(Nc2ccccc2N(C)S(C)(=O)=O)n1. The monoisotopic (exact) mass is 543 g/mol. The predicted molar refractivity (Wildman–Crippen MR) is 148 cm³/mol. The number of likely N-dealkylation sites (N-methyl/N-ethyl adjacent to an activating group) is 1. The van der Waals surface area contributed by atoms with Crippen molar-refractivity contribution in [3.63, 3.8) is 0 Å². The molecule has 3 aromatic rings. The van der Waals surface area contributed by atoms with Crippen LogP contribution in [-0.4, -0.2) is 75.9 Å². The lowest BCUT2D eigenvalue weighted by atomic mass is 10.2. The van der Waals surface area contributed by atoms with E-state index in [1.165, 1.54) is 24.0 Å². The molecule has 2 fully saturated rings. The number of anilines is 6. The number of aromatic nitrogens is 2. The Morgan fingerprint density at radius 3 is 2.57 bits per heavy atom. The zero-order chi connectivity index (χ0) is 26.3. The van der Waals surface area contributed by atoms with Crippen molar-refractivity contribution >= 4 is 56.1 Å². The van der Waals surface area contributed by atoms with Crippen LogP contribution in [0.1, 0.15) is 6.42 Å². The minimum absolute atomic E-state index is 0.290. The van der Waals surface area contributed by atoms with Gasteiger partial charge in [-0.15, -0.1) is 0 Å². The Kier molecular flexibility index (Phi) is 6.78. The molecule has 2 aliphatic heterocycles. The van der Waals surface area contributed by atoms with E-state index in [2.05, 4.69) is 43.5 Å². The molecule has 2 atom stereocenters. The summed E-state index contributed by atoms with van der Waals surface area (Å²) in [6, 6.07) is 14.2. The first-order valence-corrected chi connectivity index (χ1v) is 14.1. The third-order valence-corrected chi connectivity index (χ3v) is 8.48. The Bertz CT molecular complexity index is 1420. The third-order valence-electron chi connectivity index (χ3n) is 7.02. The molecule has 3 heterocycles. The Hall–Kier alpha value is -3.28. The summed E-state index contributed by atoms with van der Waals surface area (Å²) in [5.74, 6) is 1.33. The predicted octanol–water partition coefficient (Wildman–Crippen LogP) is 3.91. The van der Waals surface area contributed by atoms with Crippen LogP contribution in [0.3, 0.4) is 0 Å². The molecular formula is C25H30ClN7O3S. The summed E-state index contributed by atoms with van der Waals surface area (Å²) in [7, 11) is 1.86. The molecule has 2 N–H and O–H groups in total. The number of rotatable bonds is 8. The van der Waals surface area contributed by atoms with E-state index < -0.39 is 10.0 Å². The standard InChI is InChI=1S/C25H30ClN7O3S/c1-31-14-18-11-17(31)15-33(18)16-9-10-21(23(12-16)36-3)29-25-27-13-19(26)24(30-25)28-20-7-5-6-8-22(20)32(2)37(4,34)35/h5-10,12-13,17-18H,11,14-15H2,1-4H3,(H2,27,28,29,30)/t17-,18-/m0/s1. The summed E-state index contributed by atoms with van der Waals surface area (Å²) in [6.07, 6.45) is 3.82. The highest BCUT2D eigenvalue weighted by Gasteiger charge is 2.41. The van der Waals surface area contributed by atoms with Gasteiger partial charge in [0.1, 0.15) is 10.8 Å². The van der Waals surface area contributed by atoms with Crippen LogP contribution < -0.4 is 24.6 Å². The number of hydrogen-bond donors (Lipinski definition) is 2. The molecule has 37 heavy (non-hydrogen) atoms. The average molecular weight is 544 g/mol. The summed E-state index contributed by atoms with van der Waals surface area (Å²) in [5, 5.41) is 6.65. The minimum atomic E-state index is -3.46. The van der Waals surface area contributed by atoms with E-state index in [0.717, 1.165) is 30.7 Å². The van der Waals surface area contributed by atoms with Crippen molar-refractivity contribution < 1.29 is 13.2 Å². The van der Waals surface area contributed by atoms with Gasteiger partial charge in [0.25, 0.3) is 0 Å². The average Bonchev–Trinajstić information content (AvgIpc) is 3.45. The zero-order valence-electron chi connectivity index (χ0n) is 21.1. The molecule has 0 saturated carbocycles. The number of benzene rings is 2. The number of para-hydroxylation sites is 2. The minimum Gasteiger partial charge on any atom is -0.494 e. The molecule has 1 aromatic heterocycles. The maximum Gasteiger partial charge on any atom is 0.232 e. The number of nitrogens with one attached hydrogen (secondary N) is 2. The fourth-order valence-corrected chi connectivity index (χ4v) is 5.59. The van der Waals surface area contributed by atoms with Gasteiger partial charge in [-0.25, -0.2) is 13.4 Å². The Labute approximate surface area is 222 Å². The zero-order valence-corrected chi connectivity index (χ0v) is 22.7. The van der Waals surface area contributed by atoms with Gasteiger partial charge in [-0.1, -0.05) is 23.7 Å². The van der Waals surface area contributed by atoms with E-state index in [0.29, 0.717) is 46.0 Å². The fraction of sp³-hybridized carbons (Fsp3) is 0.360. The smallest absolute Gasteiger partial charge is 0.232 e. The van der Waals surface area contributed by atoms with Gasteiger partial charge < -0.3 is 20.3 Å². The lowest BCUT2D eigenvalue weighted by Gasteiger charge is -2.34. The number of hydrogen-bond acceptors (Lipinski definition) is 9. The van der Waals surface area contributed by atoms with Crippen LogP contribution >= 0.6 is 11.6 Å². The van der Waals surface area contributed by atoms with E-state index in [1.807, 2.05) is 12.1 Å². The normalized spacial score (nSPS) is 19.2. The summed E-state index contributed by atoms with van der Waals surface area (Å²) in [5.41, 5.74) is 2.86. The van der Waals surface area contributed by atoms with Crippen LogP contribution in [0.15, 0.2) is 48.7 Å². The molecule has 10 nitrogen and oxygen atoms in total. The molecule has 0 radical (unpaired) electrons. The van der Waals surface area contributed by atoms with Crippen LogP contribution in [0.4, 0.5) is 34.5 Å². The van der Waals surface area contributed by atoms with Crippen molar-refractivity contribution in [1.29, 1.82) is 0 Å². The van der Waals surface area contributed by atoms with E-state index >= 15 is 0 Å². The lowest BCUT2D eigenvalue weighted by molar-refractivity contribution is 0.292. The highest BCUT2D eigenvalue weighted by Crippen LogP contribution is 2.38. The van der Waals surface area contributed by atoms with Crippen molar-refractivity contribution in [2.24, 2.45) is 0 Å². The molecular weight excluding hydrogens is 514 g/mol. The van der Waals surface area contributed by atoms with Crippen LogP contribution in [0.2, 0.25) is 5.02 Å². The molecule has 2 aromatic carbocycles. The highest BCUT2D eigenvalue weighted by atomic mass is 35.5. The number of methoxy groups -OCH3 is 1. The Morgan fingerprint density at radius 2 is 1.89 bits per heavy atom. The van der Waals surface area contributed by atoms with Gasteiger partial charge in [0.15, 0.2) is 5.82 Å². The summed E-state index contributed by atoms with van der Waals surface area (Å²) < 4.78 is 31.1. The fourth-order valence-electron chi connectivity index (χ4n) is 4.94. The Morgan fingerprint density at radius 1 is 1.11 bits per heavy atom. The van der Waals surface area contributed by atoms with Crippen LogP contribution in [-0.2, 0) is 10.0 Å². The highest BCUT2D eigenvalue weighted by molar-refractivity contribution is 7.92. The molecule has 5 rings (SSSR count). The second kappa shape index (κ2) is 9.88. The number of likely N-dealkylation sites (tertiary alicyclic amines) is 1. The van der Waals surface area contributed by atoms with Crippen LogP contribution in [0.25, 0.3) is 0 Å². The van der Waals surface area contributed by atoms with Crippen molar-refractivity contribution in [3.05, 3.63) is 53.7 Å². The number of halogens is 1. The largest absolute Gasteiger partial charge is 0.494 e. The first kappa shape index (κ1) is 25.4. The second-order valence-electron chi connectivity index (χ2n) is 9.41. The van der Waals surface area contributed by atoms with E-state index in [-0.39, 0.29) is 0 Å². The van der Waals surface area contributed by atoms with E-state index in [9.17, 15) is 8.42 Å². The lowest BCUT2D eigenvalue weighted by Crippen LogP contribution is -2.44. The summed E-state index contributed by atoms with van der Waals surface area (Å²) >= 11 is 6.38. The number of ether oxygens (including phenoxy) is 1. The molecule has 2 saturated heterocycles. The summed E-state index contributed by atoms with van der Waals surface area (Å²) in [4.78, 5) is 13.7. The molecule has 2 bridgehead atoms. The first-order valence-electron chi connectivity index (χ1n) is 11.9. The number of sulfonamides is 1. The van der Waals surface area contributed by atoms with Gasteiger partial charge >= 0.3 is 0 Å². The molecule has 0 unspecified atom stereocenters. The Balaban J connectivity index is 1.38. The van der Waals surface area contributed by atoms with Crippen molar-refractivity contribution in [2.75, 3.05) is 60.4 Å². The third kappa shape index (κ3) is 5.11. The molecule has 12 heteroatoms. The summed E-state index contributed by atoms with van der Waals surface area (Å²) in [6.45, 7) is 2.09. The molecule has 0 amide bonds. The molecule has 2 aliphatic rings. The number of fused-ring (bicyclic) bond motifs is 2. The van der Waals surface area contributed by atoms with Crippen LogP contribution in [0.5, 0.6) is 5.75 Å². The van der Waals surface area contributed by atoms with E-state index in [1.54, 1.807) is 31.4 Å². The van der Waals surface area contributed by atoms with Gasteiger partial charge in [-0.05, 0) is 37.7 Å². The van der Waals surface area contributed by atoms with Crippen molar-refractivity contribution in [1.82, 2.24) is 14.9 Å². The van der Waals surface area contributed by atoms with Crippen molar-refractivity contribution in [2.45, 2.75) is 18.5 Å². The van der Waals surface area contributed by atoms with Crippen LogP contribution in [0, 0.1) is 0 Å². The topological polar surface area (TPSA) is 103 Å². The molecule has 0 spiro atoms. The van der Waals surface area contributed by atoms with Crippen molar-refractivity contribution in [3.8, 4) is 5.75 Å². The maximum atomic E-state index is 12.1. The first-order chi connectivity index (χ1) is 17.6. The molecule has 0 aliphatic carbocycles. The van der Waals surface area contributed by atoms with Gasteiger partial charge in [0, 0.05) is 44.0 Å². The number of piperazine rings is 1. The maximum absolute atomic E-state index is 12.1.